The molecule has 0 spiro atoms. The molecule has 2 aromatic rings. The van der Waals surface area contributed by atoms with Crippen LogP contribution in [0, 0.1) is 0 Å². The predicted octanol–water partition coefficient (Wildman–Crippen LogP) is 1.45. The second kappa shape index (κ2) is 4.04. The molecule has 17 heavy (non-hydrogen) atoms. The summed E-state index contributed by atoms with van der Waals surface area (Å²) in [5, 5.41) is 7.43. The van der Waals surface area contributed by atoms with Crippen molar-refractivity contribution in [3.05, 3.63) is 24.4 Å². The molecule has 0 unspecified atom stereocenters. The van der Waals surface area contributed by atoms with Gasteiger partial charge in [0.15, 0.2) is 5.82 Å². The maximum Gasteiger partial charge on any atom is 0.244 e. The number of nitrogens with zero attached hydrogens (tertiary/aromatic N) is 4. The summed E-state index contributed by atoms with van der Waals surface area (Å²) >= 11 is 0. The topological polar surface area (TPSA) is 81.6 Å². The molecule has 0 radical (unpaired) electrons. The molecule has 0 aliphatic carbocycles. The van der Waals surface area contributed by atoms with Crippen LogP contribution in [0.3, 0.4) is 0 Å². The van der Waals surface area contributed by atoms with Crippen LogP contribution in [0.15, 0.2) is 24.4 Å². The van der Waals surface area contributed by atoms with Gasteiger partial charge in [-0.25, -0.2) is 4.98 Å². The molecule has 2 rings (SSSR count). The van der Waals surface area contributed by atoms with Gasteiger partial charge in [-0.2, -0.15) is 9.67 Å². The van der Waals surface area contributed by atoms with E-state index in [1.165, 1.54) is 4.68 Å². The lowest BCUT2D eigenvalue weighted by Gasteiger charge is -2.18. The Bertz CT molecular complexity index is 496. The predicted molar refractivity (Wildman–Crippen MR) is 66.9 cm³/mol. The van der Waals surface area contributed by atoms with Crippen LogP contribution >= 0.6 is 0 Å². The second-order valence-corrected chi connectivity index (χ2v) is 4.77. The molecule has 90 valence electrons. The number of nitrogens with two attached hydrogens (primary N) is 1. The van der Waals surface area contributed by atoms with Gasteiger partial charge in [0.2, 0.25) is 11.9 Å². The lowest BCUT2D eigenvalue weighted by Crippen LogP contribution is -2.26. The highest BCUT2D eigenvalue weighted by molar-refractivity contribution is 5.39. The Morgan fingerprint density at radius 2 is 2.06 bits per heavy atom. The van der Waals surface area contributed by atoms with E-state index in [1.54, 1.807) is 6.20 Å². The van der Waals surface area contributed by atoms with Crippen molar-refractivity contribution in [2.24, 2.45) is 0 Å². The fourth-order valence-corrected chi connectivity index (χ4v) is 1.36. The number of nitrogen functional groups attached to an aromatic ring is 1. The van der Waals surface area contributed by atoms with Gasteiger partial charge in [0.05, 0.1) is 0 Å². The Kier molecular flexibility index (Phi) is 2.71. The van der Waals surface area contributed by atoms with Crippen LogP contribution in [0.1, 0.15) is 20.8 Å². The Morgan fingerprint density at radius 1 is 1.29 bits per heavy atom. The largest absolute Gasteiger partial charge is 0.368 e. The lowest BCUT2D eigenvalue weighted by molar-refractivity contribution is 0.625. The summed E-state index contributed by atoms with van der Waals surface area (Å²) in [6.45, 7) is 6.10. The number of anilines is 2. The normalized spacial score (nSPS) is 11.5. The zero-order valence-electron chi connectivity index (χ0n) is 10.2. The van der Waals surface area contributed by atoms with E-state index >= 15 is 0 Å². The van der Waals surface area contributed by atoms with Crippen molar-refractivity contribution >= 4 is 11.9 Å². The molecule has 0 saturated carbocycles. The van der Waals surface area contributed by atoms with Crippen molar-refractivity contribution < 1.29 is 0 Å². The summed E-state index contributed by atoms with van der Waals surface area (Å²) in [7, 11) is 0. The zero-order chi connectivity index (χ0) is 12.5. The first-order valence-corrected chi connectivity index (χ1v) is 5.38. The molecule has 6 heteroatoms. The molecule has 0 saturated heterocycles. The van der Waals surface area contributed by atoms with E-state index in [4.69, 9.17) is 5.73 Å². The van der Waals surface area contributed by atoms with Gasteiger partial charge in [0.25, 0.3) is 0 Å². The highest BCUT2D eigenvalue weighted by Crippen LogP contribution is 2.14. The van der Waals surface area contributed by atoms with E-state index in [2.05, 4.69) is 20.4 Å². The van der Waals surface area contributed by atoms with Crippen LogP contribution < -0.4 is 11.1 Å². The smallest absolute Gasteiger partial charge is 0.244 e. The van der Waals surface area contributed by atoms with Crippen LogP contribution in [0.2, 0.25) is 0 Å². The quantitative estimate of drug-likeness (QED) is 0.819. The van der Waals surface area contributed by atoms with E-state index in [-0.39, 0.29) is 5.54 Å². The number of hydrogen-bond acceptors (Lipinski definition) is 5. The van der Waals surface area contributed by atoms with Gasteiger partial charge in [-0.1, -0.05) is 6.07 Å². The SMILES string of the molecule is CC(C)(C)Nc1nc(N)n(-c2ccccn2)n1. The Labute approximate surface area is 99.9 Å². The van der Waals surface area contributed by atoms with Crippen molar-refractivity contribution in [1.29, 1.82) is 0 Å². The van der Waals surface area contributed by atoms with Gasteiger partial charge in [-0.15, -0.1) is 5.10 Å². The molecular weight excluding hydrogens is 216 g/mol. The van der Waals surface area contributed by atoms with E-state index < -0.39 is 0 Å². The summed E-state index contributed by atoms with van der Waals surface area (Å²) in [6, 6.07) is 5.54. The number of rotatable bonds is 2. The minimum absolute atomic E-state index is 0.108. The third-order valence-corrected chi connectivity index (χ3v) is 1.99. The lowest BCUT2D eigenvalue weighted by atomic mass is 10.1. The summed E-state index contributed by atoms with van der Waals surface area (Å²) in [5.41, 5.74) is 5.69. The number of hydrogen-bond donors (Lipinski definition) is 2. The molecule has 0 bridgehead atoms. The molecular formula is C11H16N6. The fourth-order valence-electron chi connectivity index (χ4n) is 1.36. The van der Waals surface area contributed by atoms with Crippen LogP contribution in [0.25, 0.3) is 5.82 Å². The second-order valence-electron chi connectivity index (χ2n) is 4.77. The van der Waals surface area contributed by atoms with Crippen LogP contribution in [-0.4, -0.2) is 25.3 Å². The maximum absolute atomic E-state index is 5.80. The van der Waals surface area contributed by atoms with Gasteiger partial charge in [-0.3, -0.25) is 0 Å². The third kappa shape index (κ3) is 2.72. The molecule has 0 fully saturated rings. The molecule has 0 aliphatic rings. The van der Waals surface area contributed by atoms with Crippen molar-refractivity contribution in [2.45, 2.75) is 26.3 Å². The van der Waals surface area contributed by atoms with Crippen LogP contribution in [0.5, 0.6) is 0 Å². The average Bonchev–Trinajstić information content (AvgIpc) is 2.58. The van der Waals surface area contributed by atoms with Crippen LogP contribution in [-0.2, 0) is 0 Å². The zero-order valence-corrected chi connectivity index (χ0v) is 10.2. The fraction of sp³-hybridized carbons (Fsp3) is 0.364. The molecule has 2 heterocycles. The van der Waals surface area contributed by atoms with Crippen molar-refractivity contribution in [1.82, 2.24) is 19.7 Å². The number of aromatic nitrogens is 4. The monoisotopic (exact) mass is 232 g/mol. The van der Waals surface area contributed by atoms with E-state index in [1.807, 2.05) is 39.0 Å². The summed E-state index contributed by atoms with van der Waals surface area (Å²) < 4.78 is 1.51. The van der Waals surface area contributed by atoms with Crippen molar-refractivity contribution in [2.75, 3.05) is 11.1 Å². The minimum Gasteiger partial charge on any atom is -0.368 e. The van der Waals surface area contributed by atoms with Gasteiger partial charge in [0.1, 0.15) is 0 Å². The van der Waals surface area contributed by atoms with E-state index in [9.17, 15) is 0 Å². The highest BCUT2D eigenvalue weighted by atomic mass is 15.4. The van der Waals surface area contributed by atoms with E-state index in [0.717, 1.165) is 0 Å². The van der Waals surface area contributed by atoms with Gasteiger partial charge < -0.3 is 11.1 Å². The summed E-state index contributed by atoms with van der Waals surface area (Å²) in [5.74, 6) is 1.47. The standard InChI is InChI=1S/C11H16N6/c1-11(2,3)15-10-14-9(12)17(16-10)8-6-4-5-7-13-8/h4-7H,1-3H3,(H3,12,14,15,16). The first-order valence-electron chi connectivity index (χ1n) is 5.38. The minimum atomic E-state index is -0.108. The Morgan fingerprint density at radius 3 is 2.65 bits per heavy atom. The van der Waals surface area contributed by atoms with Gasteiger partial charge >= 0.3 is 0 Å². The molecule has 0 atom stereocenters. The van der Waals surface area contributed by atoms with Gasteiger partial charge in [-0.05, 0) is 32.9 Å². The average molecular weight is 232 g/mol. The molecule has 0 aromatic carbocycles. The van der Waals surface area contributed by atoms with Gasteiger partial charge in [0, 0.05) is 11.7 Å². The first kappa shape index (κ1) is 11.4. The maximum atomic E-state index is 5.80. The number of pyridine rings is 1. The molecule has 6 nitrogen and oxygen atoms in total. The molecule has 0 amide bonds. The molecule has 2 aromatic heterocycles. The Balaban J connectivity index is 2.32. The first-order chi connectivity index (χ1) is 7.96. The Hall–Kier alpha value is -2.11. The third-order valence-electron chi connectivity index (χ3n) is 1.99. The number of nitrogens with one attached hydrogen (secondary N) is 1. The van der Waals surface area contributed by atoms with Crippen LogP contribution in [0.4, 0.5) is 11.9 Å². The highest BCUT2D eigenvalue weighted by Gasteiger charge is 2.15. The van der Waals surface area contributed by atoms with Crippen molar-refractivity contribution in [3.8, 4) is 5.82 Å². The summed E-state index contributed by atoms with van der Waals surface area (Å²) in [6.07, 6.45) is 1.69. The summed E-state index contributed by atoms with van der Waals surface area (Å²) in [4.78, 5) is 8.32. The molecule has 3 N–H and O–H groups in total. The van der Waals surface area contributed by atoms with E-state index in [0.29, 0.717) is 17.7 Å². The molecule has 0 aliphatic heterocycles. The van der Waals surface area contributed by atoms with Crippen molar-refractivity contribution in [3.63, 3.8) is 0 Å².